The van der Waals surface area contributed by atoms with Gasteiger partial charge in [-0.3, -0.25) is 10.1 Å². The van der Waals surface area contributed by atoms with Crippen LogP contribution in [0, 0.1) is 15.9 Å². The molecule has 2 N–H and O–H groups in total. The van der Waals surface area contributed by atoms with Gasteiger partial charge in [0.15, 0.2) is 0 Å². The number of carboxylic acid groups (broad SMARTS) is 1. The number of hydrogen-bond donors (Lipinski definition) is 2. The van der Waals surface area contributed by atoms with Crippen molar-refractivity contribution in [2.75, 3.05) is 5.32 Å². The molecule has 2 aromatic carbocycles. The summed E-state index contributed by atoms with van der Waals surface area (Å²) in [6, 6.07) is 8.22. The molecule has 0 heterocycles. The van der Waals surface area contributed by atoms with Crippen molar-refractivity contribution in [1.29, 1.82) is 0 Å². The van der Waals surface area contributed by atoms with Crippen LogP contribution in [-0.2, 0) is 0 Å². The van der Waals surface area contributed by atoms with Crippen LogP contribution in [0.3, 0.4) is 0 Å². The molecular formula is C13H8BrFN2O4. The highest BCUT2D eigenvalue weighted by Gasteiger charge is 2.21. The van der Waals surface area contributed by atoms with E-state index in [2.05, 4.69) is 21.2 Å². The van der Waals surface area contributed by atoms with Gasteiger partial charge < -0.3 is 10.4 Å². The zero-order chi connectivity index (χ0) is 15.6. The van der Waals surface area contributed by atoms with E-state index in [-0.39, 0.29) is 5.69 Å². The van der Waals surface area contributed by atoms with Gasteiger partial charge in [-0.2, -0.15) is 0 Å². The van der Waals surface area contributed by atoms with Crippen molar-refractivity contribution in [3.05, 3.63) is 62.4 Å². The van der Waals surface area contributed by atoms with Crippen LogP contribution in [0.15, 0.2) is 40.9 Å². The molecule has 0 aromatic heterocycles. The van der Waals surface area contributed by atoms with Crippen molar-refractivity contribution in [2.24, 2.45) is 0 Å². The normalized spacial score (nSPS) is 10.2. The number of nitro benzene ring substituents is 1. The lowest BCUT2D eigenvalue weighted by molar-refractivity contribution is -0.384. The molecule has 0 saturated carbocycles. The van der Waals surface area contributed by atoms with Gasteiger partial charge in [-0.15, -0.1) is 0 Å². The van der Waals surface area contributed by atoms with Crippen LogP contribution in [0.25, 0.3) is 0 Å². The molecule has 0 fully saturated rings. The van der Waals surface area contributed by atoms with Crippen LogP contribution < -0.4 is 5.32 Å². The Kier molecular flexibility index (Phi) is 4.18. The highest BCUT2D eigenvalue weighted by Crippen LogP contribution is 2.31. The summed E-state index contributed by atoms with van der Waals surface area (Å²) in [7, 11) is 0. The minimum Gasteiger partial charge on any atom is -0.478 e. The Morgan fingerprint density at radius 3 is 2.62 bits per heavy atom. The van der Waals surface area contributed by atoms with Crippen LogP contribution in [0.1, 0.15) is 10.4 Å². The summed E-state index contributed by atoms with van der Waals surface area (Å²) in [5.41, 5.74) is -0.789. The number of carbonyl (C=O) groups is 1. The van der Waals surface area contributed by atoms with E-state index < -0.39 is 28.0 Å². The fraction of sp³-hybridized carbons (Fsp3) is 0. The number of nitrogens with one attached hydrogen (secondary N) is 1. The molecule has 2 aromatic rings. The zero-order valence-corrected chi connectivity index (χ0v) is 11.9. The van der Waals surface area contributed by atoms with E-state index in [0.717, 1.165) is 10.5 Å². The largest absolute Gasteiger partial charge is 0.478 e. The minimum atomic E-state index is -1.50. The Morgan fingerprint density at radius 2 is 2.05 bits per heavy atom. The van der Waals surface area contributed by atoms with Gasteiger partial charge in [-0.1, -0.05) is 22.0 Å². The number of benzene rings is 2. The molecule has 0 atom stereocenters. The Balaban J connectivity index is 2.52. The maximum absolute atomic E-state index is 13.5. The number of nitrogens with zero attached hydrogens (tertiary/aromatic N) is 1. The number of aromatic carboxylic acids is 1. The quantitative estimate of drug-likeness (QED) is 0.640. The van der Waals surface area contributed by atoms with Gasteiger partial charge in [-0.25, -0.2) is 9.18 Å². The third-order valence-electron chi connectivity index (χ3n) is 2.62. The Morgan fingerprint density at radius 1 is 1.33 bits per heavy atom. The lowest BCUT2D eigenvalue weighted by Crippen LogP contribution is -2.05. The van der Waals surface area contributed by atoms with E-state index in [1.54, 1.807) is 24.3 Å². The zero-order valence-electron chi connectivity index (χ0n) is 10.3. The SMILES string of the molecule is O=C(O)c1cc(Nc2cccc(Br)c2)c([N+](=O)[O-])cc1F. The fourth-order valence-electron chi connectivity index (χ4n) is 1.70. The number of anilines is 2. The average Bonchev–Trinajstić information content (AvgIpc) is 2.39. The van der Waals surface area contributed by atoms with Crippen molar-refractivity contribution in [3.8, 4) is 0 Å². The smallest absolute Gasteiger partial charge is 0.338 e. The predicted octanol–water partition coefficient (Wildman–Crippen LogP) is 3.94. The predicted molar refractivity (Wildman–Crippen MR) is 77.4 cm³/mol. The van der Waals surface area contributed by atoms with Crippen LogP contribution in [0.4, 0.5) is 21.5 Å². The van der Waals surface area contributed by atoms with E-state index in [0.29, 0.717) is 11.8 Å². The lowest BCUT2D eigenvalue weighted by Gasteiger charge is -2.09. The molecule has 0 amide bonds. The minimum absolute atomic E-state index is 0.100. The summed E-state index contributed by atoms with van der Waals surface area (Å²) in [6.45, 7) is 0. The highest BCUT2D eigenvalue weighted by atomic mass is 79.9. The van der Waals surface area contributed by atoms with Crippen LogP contribution >= 0.6 is 15.9 Å². The third-order valence-corrected chi connectivity index (χ3v) is 3.11. The monoisotopic (exact) mass is 354 g/mol. The first-order valence-electron chi connectivity index (χ1n) is 5.62. The molecule has 108 valence electrons. The standard InChI is InChI=1S/C13H8BrFN2O4/c14-7-2-1-3-8(4-7)16-11-5-9(13(18)19)10(15)6-12(11)17(20)21/h1-6,16H,(H,18,19). The van der Waals surface area contributed by atoms with E-state index in [1.165, 1.54) is 0 Å². The summed E-state index contributed by atoms with van der Waals surface area (Å²) >= 11 is 3.24. The number of halogens is 2. The first-order valence-corrected chi connectivity index (χ1v) is 6.41. The number of carboxylic acids is 1. The molecule has 8 heteroatoms. The molecular weight excluding hydrogens is 347 g/mol. The van der Waals surface area contributed by atoms with Crippen molar-refractivity contribution < 1.29 is 19.2 Å². The van der Waals surface area contributed by atoms with Gasteiger partial charge in [0.2, 0.25) is 0 Å². The lowest BCUT2D eigenvalue weighted by atomic mass is 10.1. The van der Waals surface area contributed by atoms with Crippen molar-refractivity contribution in [3.63, 3.8) is 0 Å². The second-order valence-corrected chi connectivity index (χ2v) is 4.96. The molecule has 2 rings (SSSR count). The van der Waals surface area contributed by atoms with Crippen molar-refractivity contribution in [2.45, 2.75) is 0 Å². The molecule has 0 aliphatic carbocycles. The van der Waals surface area contributed by atoms with Crippen molar-refractivity contribution in [1.82, 2.24) is 0 Å². The Bertz CT molecular complexity index is 736. The van der Waals surface area contributed by atoms with Crippen LogP contribution in [0.2, 0.25) is 0 Å². The van der Waals surface area contributed by atoms with E-state index in [1.807, 2.05) is 0 Å². The third kappa shape index (κ3) is 3.34. The molecule has 0 aliphatic heterocycles. The molecule has 0 aliphatic rings. The average molecular weight is 355 g/mol. The Labute approximate surface area is 126 Å². The second kappa shape index (κ2) is 5.88. The maximum Gasteiger partial charge on any atom is 0.338 e. The van der Waals surface area contributed by atoms with Gasteiger partial charge in [0.1, 0.15) is 11.5 Å². The van der Waals surface area contributed by atoms with E-state index in [9.17, 15) is 19.3 Å². The number of nitro groups is 1. The molecule has 0 unspecified atom stereocenters. The summed E-state index contributed by atoms with van der Waals surface area (Å²) in [6.07, 6.45) is 0. The molecule has 0 radical (unpaired) electrons. The summed E-state index contributed by atoms with van der Waals surface area (Å²) in [5, 5.41) is 22.6. The molecule has 0 bridgehead atoms. The Hall–Kier alpha value is -2.48. The number of rotatable bonds is 4. The maximum atomic E-state index is 13.5. The van der Waals surface area contributed by atoms with Gasteiger partial charge in [0.05, 0.1) is 16.6 Å². The van der Waals surface area contributed by atoms with Crippen molar-refractivity contribution >= 4 is 39.0 Å². The van der Waals surface area contributed by atoms with E-state index >= 15 is 0 Å². The van der Waals surface area contributed by atoms with Crippen LogP contribution in [0.5, 0.6) is 0 Å². The first-order chi connectivity index (χ1) is 9.88. The van der Waals surface area contributed by atoms with Gasteiger partial charge in [0, 0.05) is 10.2 Å². The second-order valence-electron chi connectivity index (χ2n) is 4.05. The van der Waals surface area contributed by atoms with Gasteiger partial charge >= 0.3 is 5.97 Å². The van der Waals surface area contributed by atoms with Gasteiger partial charge in [-0.05, 0) is 24.3 Å². The van der Waals surface area contributed by atoms with Gasteiger partial charge in [0.25, 0.3) is 5.69 Å². The molecule has 0 saturated heterocycles. The fourth-order valence-corrected chi connectivity index (χ4v) is 2.10. The topological polar surface area (TPSA) is 92.5 Å². The van der Waals surface area contributed by atoms with E-state index in [4.69, 9.17) is 5.11 Å². The summed E-state index contributed by atoms with van der Waals surface area (Å²) in [5.74, 6) is -2.66. The summed E-state index contributed by atoms with van der Waals surface area (Å²) in [4.78, 5) is 21.1. The van der Waals surface area contributed by atoms with Crippen LogP contribution in [-0.4, -0.2) is 16.0 Å². The summed E-state index contributed by atoms with van der Waals surface area (Å²) < 4.78 is 14.3. The first kappa shape index (κ1) is 14.9. The molecule has 21 heavy (non-hydrogen) atoms. The highest BCUT2D eigenvalue weighted by molar-refractivity contribution is 9.10. The number of hydrogen-bond acceptors (Lipinski definition) is 4. The molecule has 0 spiro atoms. The molecule has 6 nitrogen and oxygen atoms in total.